The number of ether oxygens (including phenoxy) is 1. The molecule has 5 nitrogen and oxygen atoms in total. The maximum absolute atomic E-state index is 12.8. The van der Waals surface area contributed by atoms with Crippen molar-refractivity contribution < 1.29 is 9.53 Å². The summed E-state index contributed by atoms with van der Waals surface area (Å²) in [6.07, 6.45) is 1.62. The predicted molar refractivity (Wildman–Crippen MR) is 105 cm³/mol. The minimum atomic E-state index is -0.372. The highest BCUT2D eigenvalue weighted by Gasteiger charge is 2.16. The van der Waals surface area contributed by atoms with E-state index in [1.54, 1.807) is 25.4 Å². The van der Waals surface area contributed by atoms with Crippen LogP contribution in [0.1, 0.15) is 15.9 Å². The zero-order valence-electron chi connectivity index (χ0n) is 14.4. The smallest absolute Gasteiger partial charge is 0.259 e. The average molecular weight is 368 g/mol. The molecule has 26 heavy (non-hydrogen) atoms. The average Bonchev–Trinajstić information content (AvgIpc) is 2.65. The molecule has 0 saturated carbocycles. The highest BCUT2D eigenvalue weighted by molar-refractivity contribution is 6.34. The molecule has 1 aromatic heterocycles. The number of benzene rings is 2. The number of amides is 1. The zero-order chi connectivity index (χ0) is 18.7. The van der Waals surface area contributed by atoms with Crippen LogP contribution in [0.2, 0.25) is 5.02 Å². The number of nitrogens with one attached hydrogen (secondary N) is 1. The molecule has 1 heterocycles. The number of methoxy groups -OCH3 is 1. The fourth-order valence-corrected chi connectivity index (χ4v) is 2.93. The Balaban J connectivity index is 1.99. The first kappa shape index (κ1) is 17.8. The van der Waals surface area contributed by atoms with Crippen molar-refractivity contribution >= 4 is 29.0 Å². The van der Waals surface area contributed by atoms with Gasteiger partial charge in [0.1, 0.15) is 11.6 Å². The Labute approximate surface area is 156 Å². The van der Waals surface area contributed by atoms with Gasteiger partial charge in [0.25, 0.3) is 5.91 Å². The van der Waals surface area contributed by atoms with Gasteiger partial charge in [0, 0.05) is 17.3 Å². The molecular formula is C20H18ClN3O2. The van der Waals surface area contributed by atoms with E-state index in [9.17, 15) is 4.79 Å². The molecule has 3 N–H and O–H groups in total. The molecule has 3 aromatic rings. The van der Waals surface area contributed by atoms with Crippen molar-refractivity contribution in [3.05, 3.63) is 70.9 Å². The molecule has 6 heteroatoms. The zero-order valence-corrected chi connectivity index (χ0v) is 15.2. The Hall–Kier alpha value is -3.05. The van der Waals surface area contributed by atoms with Crippen molar-refractivity contribution in [2.75, 3.05) is 18.2 Å². The van der Waals surface area contributed by atoms with Gasteiger partial charge in [0.2, 0.25) is 0 Å². The first-order chi connectivity index (χ1) is 12.5. The maximum atomic E-state index is 12.8. The highest BCUT2D eigenvalue weighted by Crippen LogP contribution is 2.31. The number of para-hydroxylation sites is 2. The molecule has 2 aromatic carbocycles. The van der Waals surface area contributed by atoms with E-state index in [4.69, 9.17) is 22.1 Å². The third kappa shape index (κ3) is 3.48. The van der Waals surface area contributed by atoms with E-state index in [-0.39, 0.29) is 17.3 Å². The van der Waals surface area contributed by atoms with Crippen LogP contribution in [0.3, 0.4) is 0 Å². The van der Waals surface area contributed by atoms with Crippen LogP contribution in [0.5, 0.6) is 5.75 Å². The van der Waals surface area contributed by atoms with Crippen LogP contribution in [-0.2, 0) is 0 Å². The Morgan fingerprint density at radius 3 is 2.69 bits per heavy atom. The van der Waals surface area contributed by atoms with Crippen LogP contribution in [0.25, 0.3) is 11.1 Å². The van der Waals surface area contributed by atoms with Gasteiger partial charge in [0.05, 0.1) is 23.4 Å². The van der Waals surface area contributed by atoms with E-state index in [0.29, 0.717) is 16.5 Å². The highest BCUT2D eigenvalue weighted by atomic mass is 35.5. The van der Waals surface area contributed by atoms with E-state index < -0.39 is 0 Å². The number of hydrogen-bond donors (Lipinski definition) is 2. The molecule has 0 saturated heterocycles. The fourth-order valence-electron chi connectivity index (χ4n) is 2.66. The summed E-state index contributed by atoms with van der Waals surface area (Å²) in [6, 6.07) is 14.6. The topological polar surface area (TPSA) is 77.2 Å². The van der Waals surface area contributed by atoms with E-state index in [1.807, 2.05) is 43.3 Å². The van der Waals surface area contributed by atoms with Crippen molar-refractivity contribution in [3.8, 4) is 16.9 Å². The Kier molecular flexibility index (Phi) is 5.09. The van der Waals surface area contributed by atoms with Gasteiger partial charge in [-0.25, -0.2) is 4.98 Å². The van der Waals surface area contributed by atoms with Crippen LogP contribution < -0.4 is 15.8 Å². The summed E-state index contributed by atoms with van der Waals surface area (Å²) in [7, 11) is 1.59. The summed E-state index contributed by atoms with van der Waals surface area (Å²) in [4.78, 5) is 16.9. The number of anilines is 2. The van der Waals surface area contributed by atoms with Crippen LogP contribution in [0.4, 0.5) is 11.5 Å². The summed E-state index contributed by atoms with van der Waals surface area (Å²) in [5, 5.41) is 3.28. The molecular weight excluding hydrogens is 350 g/mol. The number of carbonyl (C=O) groups excluding carboxylic acids is 1. The van der Waals surface area contributed by atoms with Crippen molar-refractivity contribution in [3.63, 3.8) is 0 Å². The Morgan fingerprint density at radius 1 is 1.19 bits per heavy atom. The SMILES string of the molecule is COc1ccccc1-c1cnc(N)c(C(=O)Nc2c(C)cccc2Cl)c1. The number of rotatable bonds is 4. The second-order valence-corrected chi connectivity index (χ2v) is 6.15. The summed E-state index contributed by atoms with van der Waals surface area (Å²) in [5.41, 5.74) is 9.18. The number of nitrogen functional groups attached to an aromatic ring is 1. The van der Waals surface area contributed by atoms with Gasteiger partial charge in [-0.15, -0.1) is 0 Å². The molecule has 0 atom stereocenters. The number of pyridine rings is 1. The van der Waals surface area contributed by atoms with E-state index in [0.717, 1.165) is 16.7 Å². The first-order valence-corrected chi connectivity index (χ1v) is 8.34. The maximum Gasteiger partial charge on any atom is 0.259 e. The summed E-state index contributed by atoms with van der Waals surface area (Å²) >= 11 is 6.19. The number of carbonyl (C=O) groups is 1. The van der Waals surface area contributed by atoms with Crippen LogP contribution in [0.15, 0.2) is 54.7 Å². The van der Waals surface area contributed by atoms with Gasteiger partial charge in [0.15, 0.2) is 0 Å². The molecule has 3 rings (SSSR count). The normalized spacial score (nSPS) is 10.4. The van der Waals surface area contributed by atoms with Crippen LogP contribution in [-0.4, -0.2) is 18.0 Å². The molecule has 1 amide bonds. The number of halogens is 1. The molecule has 0 unspecified atom stereocenters. The minimum absolute atomic E-state index is 0.144. The predicted octanol–water partition coefficient (Wildman–Crippen LogP) is 4.55. The molecule has 132 valence electrons. The lowest BCUT2D eigenvalue weighted by atomic mass is 10.0. The number of nitrogens with two attached hydrogens (primary N) is 1. The largest absolute Gasteiger partial charge is 0.496 e. The number of aryl methyl sites for hydroxylation is 1. The van der Waals surface area contributed by atoms with E-state index in [2.05, 4.69) is 10.3 Å². The summed E-state index contributed by atoms with van der Waals surface area (Å²) in [5.74, 6) is 0.459. The molecule has 0 fully saturated rings. The first-order valence-electron chi connectivity index (χ1n) is 7.96. The van der Waals surface area contributed by atoms with Gasteiger partial charge in [-0.2, -0.15) is 0 Å². The second kappa shape index (κ2) is 7.45. The standard InChI is InChI=1S/C20H18ClN3O2/c1-12-6-5-8-16(21)18(12)24-20(25)15-10-13(11-23-19(15)22)14-7-3-4-9-17(14)26-2/h3-11H,1-2H3,(H2,22,23)(H,24,25). The van der Waals surface area contributed by atoms with Crippen molar-refractivity contribution in [1.82, 2.24) is 4.98 Å². The lowest BCUT2D eigenvalue weighted by Gasteiger charge is -2.13. The fraction of sp³-hybridized carbons (Fsp3) is 0.100. The van der Waals surface area contributed by atoms with Crippen molar-refractivity contribution in [2.24, 2.45) is 0 Å². The molecule has 0 spiro atoms. The van der Waals surface area contributed by atoms with Crippen LogP contribution >= 0.6 is 11.6 Å². The van der Waals surface area contributed by atoms with Gasteiger partial charge in [-0.1, -0.05) is 41.9 Å². The molecule has 0 radical (unpaired) electrons. The molecule has 0 aliphatic heterocycles. The molecule has 0 aliphatic carbocycles. The van der Waals surface area contributed by atoms with Gasteiger partial charge in [-0.3, -0.25) is 4.79 Å². The Bertz CT molecular complexity index is 953. The number of hydrogen-bond acceptors (Lipinski definition) is 4. The third-order valence-corrected chi connectivity index (χ3v) is 4.36. The minimum Gasteiger partial charge on any atom is -0.496 e. The lowest BCUT2D eigenvalue weighted by Crippen LogP contribution is -2.16. The van der Waals surface area contributed by atoms with Gasteiger partial charge < -0.3 is 15.8 Å². The monoisotopic (exact) mass is 367 g/mol. The van der Waals surface area contributed by atoms with E-state index >= 15 is 0 Å². The van der Waals surface area contributed by atoms with Crippen molar-refractivity contribution in [1.29, 1.82) is 0 Å². The van der Waals surface area contributed by atoms with E-state index in [1.165, 1.54) is 0 Å². The Morgan fingerprint density at radius 2 is 1.96 bits per heavy atom. The quantitative estimate of drug-likeness (QED) is 0.709. The molecule has 0 aliphatic rings. The van der Waals surface area contributed by atoms with Crippen molar-refractivity contribution in [2.45, 2.75) is 6.92 Å². The second-order valence-electron chi connectivity index (χ2n) is 5.74. The van der Waals surface area contributed by atoms with Gasteiger partial charge >= 0.3 is 0 Å². The third-order valence-electron chi connectivity index (χ3n) is 4.04. The number of nitrogens with zero attached hydrogens (tertiary/aromatic N) is 1. The lowest BCUT2D eigenvalue weighted by molar-refractivity contribution is 0.102. The van der Waals surface area contributed by atoms with Crippen LogP contribution in [0, 0.1) is 6.92 Å². The van der Waals surface area contributed by atoms with Gasteiger partial charge in [-0.05, 0) is 30.7 Å². The summed E-state index contributed by atoms with van der Waals surface area (Å²) < 4.78 is 5.38. The summed E-state index contributed by atoms with van der Waals surface area (Å²) in [6.45, 7) is 1.87. The number of aromatic nitrogens is 1. The molecule has 0 bridgehead atoms.